The van der Waals surface area contributed by atoms with Gasteiger partial charge < -0.3 is 0 Å². The summed E-state index contributed by atoms with van der Waals surface area (Å²) in [5, 5.41) is 0. The molecule has 16 heavy (non-hydrogen) atoms. The van der Waals surface area contributed by atoms with Gasteiger partial charge in [-0.15, -0.1) is 5.92 Å². The highest BCUT2D eigenvalue weighted by Crippen LogP contribution is 2.03. The van der Waals surface area contributed by atoms with Gasteiger partial charge in [0.15, 0.2) is 0 Å². The first kappa shape index (κ1) is 12.6. The Bertz CT molecular complexity index is 369. The molecule has 0 heterocycles. The summed E-state index contributed by atoms with van der Waals surface area (Å²) in [6.45, 7) is 4.22. The molecular formula is C16H20. The maximum Gasteiger partial charge on any atom is 0.0272 e. The van der Waals surface area contributed by atoms with Gasteiger partial charge in [-0.2, -0.15) is 0 Å². The van der Waals surface area contributed by atoms with E-state index in [0.717, 1.165) is 25.7 Å². The van der Waals surface area contributed by atoms with Crippen LogP contribution in [0.1, 0.15) is 38.7 Å². The molecule has 0 amide bonds. The molecule has 0 aliphatic carbocycles. The second-order valence-electron chi connectivity index (χ2n) is 4.18. The molecule has 0 unspecified atom stereocenters. The summed E-state index contributed by atoms with van der Waals surface area (Å²) in [4.78, 5) is 0. The fourth-order valence-corrected chi connectivity index (χ4v) is 1.44. The van der Waals surface area contributed by atoms with E-state index in [1.54, 1.807) is 0 Å². The Morgan fingerprint density at radius 2 is 1.88 bits per heavy atom. The fourth-order valence-electron chi connectivity index (χ4n) is 1.44. The first-order valence-corrected chi connectivity index (χ1v) is 5.92. The van der Waals surface area contributed by atoms with Gasteiger partial charge in [0, 0.05) is 12.8 Å². The van der Waals surface area contributed by atoms with Gasteiger partial charge in [-0.25, -0.2) is 0 Å². The van der Waals surface area contributed by atoms with E-state index >= 15 is 0 Å². The van der Waals surface area contributed by atoms with Crippen molar-refractivity contribution in [2.24, 2.45) is 0 Å². The maximum atomic E-state index is 3.22. The topological polar surface area (TPSA) is 0 Å². The van der Waals surface area contributed by atoms with Crippen molar-refractivity contribution >= 4 is 0 Å². The zero-order valence-corrected chi connectivity index (χ0v) is 10.3. The third-order valence-corrected chi connectivity index (χ3v) is 2.35. The molecule has 0 aliphatic rings. The minimum absolute atomic E-state index is 0.896. The SMILES string of the molecule is CC(C)=CCC#CCCCc1ccccc1. The van der Waals surface area contributed by atoms with Gasteiger partial charge in [-0.3, -0.25) is 0 Å². The van der Waals surface area contributed by atoms with Gasteiger partial charge in [0.2, 0.25) is 0 Å². The van der Waals surface area contributed by atoms with E-state index in [2.05, 4.69) is 62.1 Å². The Morgan fingerprint density at radius 1 is 1.12 bits per heavy atom. The summed E-state index contributed by atoms with van der Waals surface area (Å²) < 4.78 is 0. The van der Waals surface area contributed by atoms with Crippen molar-refractivity contribution in [1.82, 2.24) is 0 Å². The van der Waals surface area contributed by atoms with Crippen LogP contribution in [0, 0.1) is 11.8 Å². The van der Waals surface area contributed by atoms with Crippen molar-refractivity contribution in [3.05, 3.63) is 47.5 Å². The van der Waals surface area contributed by atoms with Gasteiger partial charge in [0.1, 0.15) is 0 Å². The van der Waals surface area contributed by atoms with Crippen molar-refractivity contribution in [2.45, 2.75) is 39.5 Å². The van der Waals surface area contributed by atoms with Crippen LogP contribution in [0.3, 0.4) is 0 Å². The molecule has 0 spiro atoms. The van der Waals surface area contributed by atoms with Crippen LogP contribution >= 0.6 is 0 Å². The van der Waals surface area contributed by atoms with Gasteiger partial charge >= 0.3 is 0 Å². The number of hydrogen-bond donors (Lipinski definition) is 0. The normalized spacial score (nSPS) is 9.12. The number of allylic oxidation sites excluding steroid dienone is 2. The maximum absolute atomic E-state index is 3.22. The van der Waals surface area contributed by atoms with E-state index in [0.29, 0.717) is 0 Å². The molecule has 0 aromatic heterocycles. The molecule has 1 rings (SSSR count). The average Bonchev–Trinajstić information content (AvgIpc) is 2.29. The van der Waals surface area contributed by atoms with E-state index < -0.39 is 0 Å². The lowest BCUT2D eigenvalue weighted by Gasteiger charge is -1.96. The fraction of sp³-hybridized carbons (Fsp3) is 0.375. The molecule has 0 fully saturated rings. The summed E-state index contributed by atoms with van der Waals surface area (Å²) in [5.74, 6) is 6.39. The zero-order valence-electron chi connectivity index (χ0n) is 10.3. The van der Waals surface area contributed by atoms with Crippen LogP contribution in [0.4, 0.5) is 0 Å². The Hall–Kier alpha value is -1.48. The predicted octanol–water partition coefficient (Wildman–Crippen LogP) is 4.37. The molecular weight excluding hydrogens is 192 g/mol. The van der Waals surface area contributed by atoms with Crippen LogP contribution in [0.5, 0.6) is 0 Å². The third-order valence-electron chi connectivity index (χ3n) is 2.35. The van der Waals surface area contributed by atoms with Crippen LogP contribution in [-0.4, -0.2) is 0 Å². The molecule has 0 nitrogen and oxygen atoms in total. The second-order valence-corrected chi connectivity index (χ2v) is 4.18. The van der Waals surface area contributed by atoms with Crippen LogP contribution in [-0.2, 0) is 6.42 Å². The lowest BCUT2D eigenvalue weighted by molar-refractivity contribution is 0.857. The van der Waals surface area contributed by atoms with Gasteiger partial charge in [0.25, 0.3) is 0 Å². The number of hydrogen-bond acceptors (Lipinski definition) is 0. The summed E-state index contributed by atoms with van der Waals surface area (Å²) in [5.41, 5.74) is 2.76. The largest absolute Gasteiger partial charge is 0.103 e. The molecule has 0 aliphatic heterocycles. The quantitative estimate of drug-likeness (QED) is 0.395. The van der Waals surface area contributed by atoms with Gasteiger partial charge in [0.05, 0.1) is 0 Å². The smallest absolute Gasteiger partial charge is 0.0272 e. The summed E-state index contributed by atoms with van der Waals surface area (Å²) in [6, 6.07) is 10.6. The molecule has 0 radical (unpaired) electrons. The average molecular weight is 212 g/mol. The molecule has 0 heteroatoms. The van der Waals surface area contributed by atoms with Crippen molar-refractivity contribution in [3.8, 4) is 11.8 Å². The summed E-state index contributed by atoms with van der Waals surface area (Å²) >= 11 is 0. The van der Waals surface area contributed by atoms with Crippen molar-refractivity contribution in [1.29, 1.82) is 0 Å². The first-order chi connectivity index (χ1) is 7.79. The molecule has 0 N–H and O–H groups in total. The molecule has 0 atom stereocenters. The van der Waals surface area contributed by atoms with Crippen molar-refractivity contribution < 1.29 is 0 Å². The number of rotatable bonds is 4. The minimum Gasteiger partial charge on any atom is -0.103 e. The minimum atomic E-state index is 0.896. The second kappa shape index (κ2) is 7.77. The first-order valence-electron chi connectivity index (χ1n) is 5.92. The van der Waals surface area contributed by atoms with Gasteiger partial charge in [-0.1, -0.05) is 47.9 Å². The lowest BCUT2D eigenvalue weighted by atomic mass is 10.1. The van der Waals surface area contributed by atoms with E-state index in [4.69, 9.17) is 0 Å². The van der Waals surface area contributed by atoms with E-state index in [1.807, 2.05) is 0 Å². The molecule has 0 bridgehead atoms. The summed E-state index contributed by atoms with van der Waals surface area (Å²) in [6.07, 6.45) is 6.37. The number of aryl methyl sites for hydroxylation is 1. The van der Waals surface area contributed by atoms with Crippen molar-refractivity contribution in [3.63, 3.8) is 0 Å². The summed E-state index contributed by atoms with van der Waals surface area (Å²) in [7, 11) is 0. The molecule has 1 aromatic carbocycles. The van der Waals surface area contributed by atoms with Gasteiger partial charge in [-0.05, 0) is 32.3 Å². The Morgan fingerprint density at radius 3 is 2.56 bits per heavy atom. The highest BCUT2D eigenvalue weighted by molar-refractivity contribution is 5.15. The molecule has 1 aromatic rings. The third kappa shape index (κ3) is 6.09. The Labute approximate surface area is 99.4 Å². The van der Waals surface area contributed by atoms with Crippen LogP contribution in [0.15, 0.2) is 42.0 Å². The molecule has 0 saturated heterocycles. The monoisotopic (exact) mass is 212 g/mol. The zero-order chi connectivity index (χ0) is 11.6. The standard InChI is InChI=1S/C16H20/c1-15(2)11-7-4-3-5-8-12-16-13-9-6-10-14-16/h6,9-11,13-14H,5,7-8,12H2,1-2H3. The predicted molar refractivity (Wildman–Crippen MR) is 71.2 cm³/mol. The van der Waals surface area contributed by atoms with Crippen molar-refractivity contribution in [2.75, 3.05) is 0 Å². The number of unbranched alkanes of at least 4 members (excludes halogenated alkanes) is 1. The van der Waals surface area contributed by atoms with Crippen LogP contribution in [0.2, 0.25) is 0 Å². The Balaban J connectivity index is 2.15. The highest BCUT2D eigenvalue weighted by atomic mass is 13.9. The molecule has 0 saturated carbocycles. The highest BCUT2D eigenvalue weighted by Gasteiger charge is 1.89. The van der Waals surface area contributed by atoms with Crippen LogP contribution < -0.4 is 0 Å². The van der Waals surface area contributed by atoms with E-state index in [-0.39, 0.29) is 0 Å². The van der Waals surface area contributed by atoms with E-state index in [1.165, 1.54) is 11.1 Å². The van der Waals surface area contributed by atoms with E-state index in [9.17, 15) is 0 Å². The Kier molecular flexibility index (Phi) is 6.11. The lowest BCUT2D eigenvalue weighted by Crippen LogP contribution is -1.82. The molecule has 84 valence electrons. The number of benzene rings is 1. The van der Waals surface area contributed by atoms with Crippen LogP contribution in [0.25, 0.3) is 0 Å².